The summed E-state index contributed by atoms with van der Waals surface area (Å²) in [5.74, 6) is 0.857. The quantitative estimate of drug-likeness (QED) is 0.755. The zero-order valence-corrected chi connectivity index (χ0v) is 14.2. The lowest BCUT2D eigenvalue weighted by Crippen LogP contribution is -2.44. The van der Waals surface area contributed by atoms with E-state index < -0.39 is 6.10 Å². The number of ether oxygens (including phenoxy) is 1. The summed E-state index contributed by atoms with van der Waals surface area (Å²) in [5, 5.41) is 15.3. The van der Waals surface area contributed by atoms with E-state index in [-0.39, 0.29) is 18.0 Å². The summed E-state index contributed by atoms with van der Waals surface area (Å²) in [6.45, 7) is 8.57. The molecule has 1 aromatic rings. The molecule has 0 spiro atoms. The minimum absolute atomic E-state index is 0.244. The molecule has 0 aliphatic heterocycles. The molecule has 1 unspecified atom stereocenters. The average Bonchev–Trinajstić information content (AvgIpc) is 2.45. The van der Waals surface area contributed by atoms with Gasteiger partial charge < -0.3 is 20.5 Å². The fourth-order valence-corrected chi connectivity index (χ4v) is 1.90. The number of nitrogens with one attached hydrogen (secondary N) is 2. The highest BCUT2D eigenvalue weighted by Crippen LogP contribution is 2.19. The van der Waals surface area contributed by atoms with Gasteiger partial charge in [-0.2, -0.15) is 0 Å². The zero-order chi connectivity index (χ0) is 16.8. The molecule has 1 atom stereocenters. The monoisotopic (exact) mass is 308 g/mol. The van der Waals surface area contributed by atoms with Crippen LogP contribution in [0.2, 0.25) is 0 Å². The lowest BCUT2D eigenvalue weighted by Gasteiger charge is -2.25. The van der Waals surface area contributed by atoms with Crippen molar-refractivity contribution in [2.45, 2.75) is 40.2 Å². The Hall–Kier alpha value is -1.75. The van der Waals surface area contributed by atoms with Crippen molar-refractivity contribution < 1.29 is 14.6 Å². The number of urea groups is 1. The van der Waals surface area contributed by atoms with E-state index in [2.05, 4.69) is 10.6 Å². The number of benzene rings is 1. The molecule has 0 saturated carbocycles. The van der Waals surface area contributed by atoms with Gasteiger partial charge in [-0.3, -0.25) is 0 Å². The second-order valence-electron chi connectivity index (χ2n) is 6.57. The van der Waals surface area contributed by atoms with Crippen LogP contribution in [0.4, 0.5) is 4.79 Å². The summed E-state index contributed by atoms with van der Waals surface area (Å²) in [6, 6.07) is 5.76. The first-order chi connectivity index (χ1) is 10.2. The summed E-state index contributed by atoms with van der Waals surface area (Å²) in [4.78, 5) is 11.7. The fraction of sp³-hybridized carbons (Fsp3) is 0.588. The smallest absolute Gasteiger partial charge is 0.314 e. The first-order valence-electron chi connectivity index (χ1n) is 7.57. The van der Waals surface area contributed by atoms with Crippen LogP contribution in [0.25, 0.3) is 0 Å². The molecular formula is C17H28N2O3. The number of rotatable bonds is 6. The lowest BCUT2D eigenvalue weighted by molar-refractivity contribution is 0.0650. The Labute approximate surface area is 133 Å². The average molecular weight is 308 g/mol. The molecule has 0 saturated heterocycles. The standard InChI is InChI=1S/C17H28N2O3/c1-12-6-7-13(10-14(12)22-5)8-9-18-16(21)19-11-15(20)17(2,3)4/h6-7,10,15,20H,8-9,11H2,1-5H3,(H2,18,19,21). The number of carbonyl (C=O) groups is 1. The van der Waals surface area contributed by atoms with E-state index in [0.717, 1.165) is 23.3 Å². The zero-order valence-electron chi connectivity index (χ0n) is 14.2. The third kappa shape index (κ3) is 5.93. The minimum Gasteiger partial charge on any atom is -0.496 e. The molecule has 22 heavy (non-hydrogen) atoms. The Bertz CT molecular complexity index is 495. The van der Waals surface area contributed by atoms with Crippen molar-refractivity contribution in [3.63, 3.8) is 0 Å². The number of aliphatic hydroxyl groups is 1. The number of aliphatic hydroxyl groups excluding tert-OH is 1. The molecule has 5 nitrogen and oxygen atoms in total. The van der Waals surface area contributed by atoms with Crippen LogP contribution in [0.1, 0.15) is 31.9 Å². The van der Waals surface area contributed by atoms with Gasteiger partial charge in [0.1, 0.15) is 5.75 Å². The maximum Gasteiger partial charge on any atom is 0.314 e. The van der Waals surface area contributed by atoms with Crippen molar-refractivity contribution in [2.75, 3.05) is 20.2 Å². The Balaban J connectivity index is 2.33. The van der Waals surface area contributed by atoms with Crippen molar-refractivity contribution in [1.29, 1.82) is 0 Å². The second-order valence-corrected chi connectivity index (χ2v) is 6.57. The number of aryl methyl sites for hydroxylation is 1. The molecule has 0 aromatic heterocycles. The van der Waals surface area contributed by atoms with Gasteiger partial charge in [0.25, 0.3) is 0 Å². The molecule has 0 radical (unpaired) electrons. The van der Waals surface area contributed by atoms with E-state index in [0.29, 0.717) is 6.54 Å². The summed E-state index contributed by atoms with van der Waals surface area (Å²) >= 11 is 0. The van der Waals surface area contributed by atoms with Gasteiger partial charge in [-0.05, 0) is 36.0 Å². The predicted molar refractivity (Wildman–Crippen MR) is 88.3 cm³/mol. The van der Waals surface area contributed by atoms with Crippen molar-refractivity contribution in [3.8, 4) is 5.75 Å². The largest absolute Gasteiger partial charge is 0.496 e. The van der Waals surface area contributed by atoms with E-state index in [1.165, 1.54) is 0 Å². The van der Waals surface area contributed by atoms with E-state index in [1.807, 2.05) is 45.9 Å². The summed E-state index contributed by atoms with van der Waals surface area (Å²) < 4.78 is 5.28. The fourth-order valence-electron chi connectivity index (χ4n) is 1.90. The third-order valence-corrected chi connectivity index (χ3v) is 3.63. The van der Waals surface area contributed by atoms with Crippen LogP contribution >= 0.6 is 0 Å². The Kier molecular flexibility index (Phi) is 6.68. The van der Waals surface area contributed by atoms with Gasteiger partial charge in [-0.1, -0.05) is 32.9 Å². The van der Waals surface area contributed by atoms with Gasteiger partial charge in [-0.25, -0.2) is 4.79 Å². The summed E-state index contributed by atoms with van der Waals surface area (Å²) in [7, 11) is 1.65. The normalized spacial score (nSPS) is 12.6. The molecule has 5 heteroatoms. The van der Waals surface area contributed by atoms with Crippen LogP contribution < -0.4 is 15.4 Å². The molecule has 0 heterocycles. The topological polar surface area (TPSA) is 70.6 Å². The van der Waals surface area contributed by atoms with Gasteiger partial charge in [0, 0.05) is 13.1 Å². The number of carbonyl (C=O) groups excluding carboxylic acids is 1. The molecule has 1 rings (SSSR count). The minimum atomic E-state index is -0.570. The van der Waals surface area contributed by atoms with Crippen molar-refractivity contribution in [3.05, 3.63) is 29.3 Å². The first-order valence-corrected chi connectivity index (χ1v) is 7.57. The van der Waals surface area contributed by atoms with Crippen LogP contribution in [-0.4, -0.2) is 37.4 Å². The highest BCUT2D eigenvalue weighted by atomic mass is 16.5. The molecule has 0 aliphatic carbocycles. The van der Waals surface area contributed by atoms with E-state index in [1.54, 1.807) is 7.11 Å². The number of hydrogen-bond acceptors (Lipinski definition) is 3. The van der Waals surface area contributed by atoms with E-state index in [9.17, 15) is 9.90 Å². The maximum absolute atomic E-state index is 11.7. The molecule has 0 bridgehead atoms. The number of amides is 2. The van der Waals surface area contributed by atoms with Crippen LogP contribution in [0.5, 0.6) is 5.75 Å². The Morgan fingerprint density at radius 2 is 2.00 bits per heavy atom. The van der Waals surface area contributed by atoms with Gasteiger partial charge in [-0.15, -0.1) is 0 Å². The van der Waals surface area contributed by atoms with E-state index in [4.69, 9.17) is 4.74 Å². The van der Waals surface area contributed by atoms with Crippen LogP contribution in [0.3, 0.4) is 0 Å². The molecule has 3 N–H and O–H groups in total. The third-order valence-electron chi connectivity index (χ3n) is 3.63. The molecule has 124 valence electrons. The van der Waals surface area contributed by atoms with Gasteiger partial charge in [0.15, 0.2) is 0 Å². The van der Waals surface area contributed by atoms with Gasteiger partial charge in [0.05, 0.1) is 13.2 Å². The number of methoxy groups -OCH3 is 1. The summed E-state index contributed by atoms with van der Waals surface area (Å²) in [6.07, 6.45) is 0.158. The second kappa shape index (κ2) is 8.03. The molecule has 1 aromatic carbocycles. The molecule has 0 aliphatic rings. The van der Waals surface area contributed by atoms with Crippen LogP contribution in [0, 0.1) is 12.3 Å². The molecule has 2 amide bonds. The van der Waals surface area contributed by atoms with Crippen molar-refractivity contribution >= 4 is 6.03 Å². The highest BCUT2D eigenvalue weighted by molar-refractivity contribution is 5.73. The van der Waals surface area contributed by atoms with Crippen molar-refractivity contribution in [1.82, 2.24) is 10.6 Å². The molecular weight excluding hydrogens is 280 g/mol. The summed E-state index contributed by atoms with van der Waals surface area (Å²) in [5.41, 5.74) is 1.96. The highest BCUT2D eigenvalue weighted by Gasteiger charge is 2.22. The number of hydrogen-bond donors (Lipinski definition) is 3. The van der Waals surface area contributed by atoms with Gasteiger partial charge in [0.2, 0.25) is 0 Å². The van der Waals surface area contributed by atoms with Crippen molar-refractivity contribution in [2.24, 2.45) is 5.41 Å². The van der Waals surface area contributed by atoms with E-state index >= 15 is 0 Å². The maximum atomic E-state index is 11.7. The molecule has 0 fully saturated rings. The Morgan fingerprint density at radius 3 is 2.59 bits per heavy atom. The van der Waals surface area contributed by atoms with Gasteiger partial charge >= 0.3 is 6.03 Å². The SMILES string of the molecule is COc1cc(CCNC(=O)NCC(O)C(C)(C)C)ccc1C. The Morgan fingerprint density at radius 1 is 1.32 bits per heavy atom. The van der Waals surface area contributed by atoms with Crippen LogP contribution in [0.15, 0.2) is 18.2 Å². The lowest BCUT2D eigenvalue weighted by atomic mass is 9.89. The van der Waals surface area contributed by atoms with Crippen LogP contribution in [-0.2, 0) is 6.42 Å². The predicted octanol–water partition coefficient (Wildman–Crippen LogP) is 2.25. The first kappa shape index (κ1) is 18.3.